The summed E-state index contributed by atoms with van der Waals surface area (Å²) >= 11 is 3.29. The van der Waals surface area contributed by atoms with E-state index in [0.717, 1.165) is 10.9 Å². The lowest BCUT2D eigenvalue weighted by Crippen LogP contribution is -2.01. The Labute approximate surface area is 96.4 Å². The molecule has 0 bridgehead atoms. The minimum atomic E-state index is 0.543. The third kappa shape index (κ3) is 2.02. The van der Waals surface area contributed by atoms with E-state index < -0.39 is 0 Å². The minimum absolute atomic E-state index is 0.543. The summed E-state index contributed by atoms with van der Waals surface area (Å²) in [5, 5.41) is 14.9. The molecule has 2 aromatic carbocycles. The first kappa shape index (κ1) is 10.2. The molecule has 15 heavy (non-hydrogen) atoms. The summed E-state index contributed by atoms with van der Waals surface area (Å²) in [6.45, 7) is 0. The van der Waals surface area contributed by atoms with Gasteiger partial charge in [-0.25, -0.2) is 0 Å². The average Bonchev–Trinajstić information content (AvgIpc) is 2.30. The fourth-order valence-electron chi connectivity index (χ4n) is 1.53. The molecule has 0 aromatic heterocycles. The normalized spacial score (nSPS) is 11.9. The van der Waals surface area contributed by atoms with Gasteiger partial charge < -0.3 is 5.21 Å². The van der Waals surface area contributed by atoms with Crippen molar-refractivity contribution in [1.29, 1.82) is 0 Å². The molecule has 0 aliphatic heterocycles. The van der Waals surface area contributed by atoms with Gasteiger partial charge in [0.15, 0.2) is 0 Å². The van der Waals surface area contributed by atoms with E-state index in [9.17, 15) is 0 Å². The summed E-state index contributed by atoms with van der Waals surface area (Å²) in [4.78, 5) is 0. The highest BCUT2D eigenvalue weighted by Crippen LogP contribution is 2.16. The maximum atomic E-state index is 8.81. The molecule has 0 fully saturated rings. The Bertz CT molecular complexity index is 508. The third-order valence-corrected chi connectivity index (χ3v) is 2.86. The van der Waals surface area contributed by atoms with E-state index >= 15 is 0 Å². The van der Waals surface area contributed by atoms with Crippen LogP contribution in [-0.2, 0) is 0 Å². The van der Waals surface area contributed by atoms with Crippen LogP contribution in [-0.4, -0.2) is 16.2 Å². The monoisotopic (exact) mass is 263 g/mol. The molecule has 0 spiro atoms. The molecule has 3 heteroatoms. The number of alkyl halides is 1. The number of oxime groups is 1. The quantitative estimate of drug-likeness (QED) is 0.383. The van der Waals surface area contributed by atoms with Crippen LogP contribution in [0.5, 0.6) is 0 Å². The third-order valence-electron chi connectivity index (χ3n) is 2.33. The highest BCUT2D eigenvalue weighted by molar-refractivity contribution is 9.09. The molecule has 0 amide bonds. The van der Waals surface area contributed by atoms with Crippen molar-refractivity contribution in [2.45, 2.75) is 0 Å². The van der Waals surface area contributed by atoms with E-state index in [1.165, 1.54) is 5.39 Å². The minimum Gasteiger partial charge on any atom is -0.411 e. The molecule has 0 saturated carbocycles. The van der Waals surface area contributed by atoms with Crippen LogP contribution in [0, 0.1) is 0 Å². The van der Waals surface area contributed by atoms with Gasteiger partial charge in [-0.3, -0.25) is 0 Å². The maximum absolute atomic E-state index is 8.81. The second kappa shape index (κ2) is 4.45. The summed E-state index contributed by atoms with van der Waals surface area (Å²) in [7, 11) is 0. The second-order valence-corrected chi connectivity index (χ2v) is 3.80. The van der Waals surface area contributed by atoms with Crippen LogP contribution >= 0.6 is 15.9 Å². The van der Waals surface area contributed by atoms with Crippen molar-refractivity contribution in [1.82, 2.24) is 0 Å². The number of fused-ring (bicyclic) bond motifs is 1. The van der Waals surface area contributed by atoms with Gasteiger partial charge in [-0.1, -0.05) is 57.5 Å². The molecule has 0 atom stereocenters. The Kier molecular flexibility index (Phi) is 3.02. The van der Waals surface area contributed by atoms with Gasteiger partial charge in [0.1, 0.15) is 0 Å². The van der Waals surface area contributed by atoms with Crippen molar-refractivity contribution in [3.05, 3.63) is 48.0 Å². The molecule has 2 aromatic rings. The topological polar surface area (TPSA) is 32.6 Å². The van der Waals surface area contributed by atoms with E-state index in [0.29, 0.717) is 11.0 Å². The number of hydrogen-bond donors (Lipinski definition) is 1. The summed E-state index contributed by atoms with van der Waals surface area (Å²) in [6, 6.07) is 14.1. The van der Waals surface area contributed by atoms with E-state index in [4.69, 9.17) is 5.21 Å². The van der Waals surface area contributed by atoms with Crippen LogP contribution < -0.4 is 0 Å². The van der Waals surface area contributed by atoms with Crippen LogP contribution in [0.15, 0.2) is 47.6 Å². The Morgan fingerprint density at radius 2 is 1.87 bits per heavy atom. The molecular formula is C12H10BrNO. The lowest BCUT2D eigenvalue weighted by Gasteiger charge is -2.03. The highest BCUT2D eigenvalue weighted by Gasteiger charge is 2.03. The Morgan fingerprint density at radius 3 is 2.53 bits per heavy atom. The molecule has 1 N–H and O–H groups in total. The summed E-state index contributed by atoms with van der Waals surface area (Å²) < 4.78 is 0. The largest absolute Gasteiger partial charge is 0.411 e. The molecule has 0 heterocycles. The zero-order valence-electron chi connectivity index (χ0n) is 8.02. The average molecular weight is 264 g/mol. The van der Waals surface area contributed by atoms with E-state index in [1.807, 2.05) is 36.4 Å². The summed E-state index contributed by atoms with van der Waals surface area (Å²) in [6.07, 6.45) is 0. The first-order valence-electron chi connectivity index (χ1n) is 4.61. The van der Waals surface area contributed by atoms with Crippen LogP contribution in [0.25, 0.3) is 10.8 Å². The van der Waals surface area contributed by atoms with Crippen molar-refractivity contribution in [2.75, 3.05) is 5.33 Å². The fourth-order valence-corrected chi connectivity index (χ4v) is 1.97. The van der Waals surface area contributed by atoms with Crippen molar-refractivity contribution >= 4 is 32.4 Å². The van der Waals surface area contributed by atoms with E-state index in [2.05, 4.69) is 27.2 Å². The van der Waals surface area contributed by atoms with Crippen molar-refractivity contribution in [2.24, 2.45) is 5.16 Å². The van der Waals surface area contributed by atoms with E-state index in [-0.39, 0.29) is 0 Å². The fraction of sp³-hybridized carbons (Fsp3) is 0.0833. The van der Waals surface area contributed by atoms with Gasteiger partial charge in [0.05, 0.1) is 5.71 Å². The molecule has 2 rings (SSSR count). The van der Waals surface area contributed by atoms with Crippen molar-refractivity contribution < 1.29 is 5.21 Å². The number of benzene rings is 2. The van der Waals surface area contributed by atoms with Crippen LogP contribution in [0.3, 0.4) is 0 Å². The van der Waals surface area contributed by atoms with Gasteiger partial charge in [0.25, 0.3) is 0 Å². The molecule has 0 unspecified atom stereocenters. The smallest absolute Gasteiger partial charge is 0.0973 e. The summed E-state index contributed by atoms with van der Waals surface area (Å²) in [5.41, 5.74) is 1.58. The Balaban J connectivity index is 2.56. The van der Waals surface area contributed by atoms with Crippen molar-refractivity contribution in [3.63, 3.8) is 0 Å². The standard InChI is InChI=1S/C12H10BrNO/c13-8-12(14-15)11-6-5-9-3-1-2-4-10(9)7-11/h1-7,15H,8H2. The van der Waals surface area contributed by atoms with Crippen LogP contribution in [0.4, 0.5) is 0 Å². The Morgan fingerprint density at radius 1 is 1.13 bits per heavy atom. The number of halogens is 1. The predicted molar refractivity (Wildman–Crippen MR) is 66.1 cm³/mol. The zero-order valence-corrected chi connectivity index (χ0v) is 9.61. The number of hydrogen-bond acceptors (Lipinski definition) is 2. The van der Waals surface area contributed by atoms with Crippen molar-refractivity contribution in [3.8, 4) is 0 Å². The molecule has 0 saturated heterocycles. The van der Waals surface area contributed by atoms with Gasteiger partial charge >= 0.3 is 0 Å². The molecule has 0 aliphatic carbocycles. The molecule has 76 valence electrons. The van der Waals surface area contributed by atoms with Gasteiger partial charge in [-0.05, 0) is 16.8 Å². The maximum Gasteiger partial charge on any atom is 0.0973 e. The van der Waals surface area contributed by atoms with Crippen LogP contribution in [0.2, 0.25) is 0 Å². The highest BCUT2D eigenvalue weighted by atomic mass is 79.9. The molecule has 0 radical (unpaired) electrons. The van der Waals surface area contributed by atoms with Gasteiger partial charge in [-0.2, -0.15) is 0 Å². The summed E-state index contributed by atoms with van der Waals surface area (Å²) in [5.74, 6) is 0. The second-order valence-electron chi connectivity index (χ2n) is 3.24. The number of nitrogens with zero attached hydrogens (tertiary/aromatic N) is 1. The molecule has 0 aliphatic rings. The lowest BCUT2D eigenvalue weighted by atomic mass is 10.0. The first-order valence-corrected chi connectivity index (χ1v) is 5.73. The zero-order chi connectivity index (χ0) is 10.7. The number of rotatable bonds is 2. The lowest BCUT2D eigenvalue weighted by molar-refractivity contribution is 0.319. The SMILES string of the molecule is ON=C(CBr)c1ccc2ccccc2c1. The van der Waals surface area contributed by atoms with Gasteiger partial charge in [0.2, 0.25) is 0 Å². The molecule has 2 nitrogen and oxygen atoms in total. The Hall–Kier alpha value is -1.35. The predicted octanol–water partition coefficient (Wildman–Crippen LogP) is 3.41. The molecular weight excluding hydrogens is 254 g/mol. The van der Waals surface area contributed by atoms with Gasteiger partial charge in [-0.15, -0.1) is 0 Å². The van der Waals surface area contributed by atoms with Crippen LogP contribution in [0.1, 0.15) is 5.56 Å². The van der Waals surface area contributed by atoms with E-state index in [1.54, 1.807) is 0 Å². The first-order chi connectivity index (χ1) is 7.35. The van der Waals surface area contributed by atoms with Gasteiger partial charge in [0, 0.05) is 10.9 Å².